The van der Waals surface area contributed by atoms with Crippen molar-refractivity contribution in [1.82, 2.24) is 9.55 Å². The molecule has 0 aromatic carbocycles. The van der Waals surface area contributed by atoms with E-state index in [1.807, 2.05) is 12.5 Å². The Hall–Kier alpha value is -0.870. The number of ether oxygens (including phenoxy) is 1. The number of nitrogens with two attached hydrogens (primary N) is 1. The predicted molar refractivity (Wildman–Crippen MR) is 74.3 cm³/mol. The molecule has 2 N–H and O–H groups in total. The lowest BCUT2D eigenvalue weighted by molar-refractivity contribution is 0.0754. The maximum absolute atomic E-state index is 6.17. The molecule has 104 valence electrons. The standard InChI is InChI=1S/C14H27N3O/c1-11(2)14(15)13-9-16-10-17(13)7-5-6-8-18-12(3)4/h9-12,14H,5-8,15H2,1-4H3. The van der Waals surface area contributed by atoms with Crippen LogP contribution in [-0.4, -0.2) is 22.3 Å². The van der Waals surface area contributed by atoms with Gasteiger partial charge in [0.1, 0.15) is 0 Å². The zero-order valence-corrected chi connectivity index (χ0v) is 12.1. The van der Waals surface area contributed by atoms with Crippen LogP contribution in [0.1, 0.15) is 52.3 Å². The maximum atomic E-state index is 6.17. The molecule has 1 heterocycles. The van der Waals surface area contributed by atoms with Crippen molar-refractivity contribution < 1.29 is 4.74 Å². The molecule has 1 aromatic heterocycles. The van der Waals surface area contributed by atoms with E-state index in [-0.39, 0.29) is 6.04 Å². The number of aryl methyl sites for hydroxylation is 1. The van der Waals surface area contributed by atoms with E-state index >= 15 is 0 Å². The van der Waals surface area contributed by atoms with Crippen LogP contribution in [-0.2, 0) is 11.3 Å². The molecule has 1 rings (SSSR count). The Morgan fingerprint density at radius 2 is 2.00 bits per heavy atom. The number of hydrogen-bond acceptors (Lipinski definition) is 3. The Kier molecular flexibility index (Phi) is 6.36. The second kappa shape index (κ2) is 7.54. The van der Waals surface area contributed by atoms with Gasteiger partial charge in [-0.25, -0.2) is 4.98 Å². The Morgan fingerprint density at radius 3 is 2.61 bits per heavy atom. The van der Waals surface area contributed by atoms with Crippen LogP contribution in [0, 0.1) is 5.92 Å². The molecule has 1 aromatic rings. The second-order valence-corrected chi connectivity index (χ2v) is 5.41. The van der Waals surface area contributed by atoms with Crippen LogP contribution in [0.25, 0.3) is 0 Å². The van der Waals surface area contributed by atoms with Gasteiger partial charge in [-0.05, 0) is 32.6 Å². The van der Waals surface area contributed by atoms with Crippen LogP contribution < -0.4 is 5.73 Å². The fourth-order valence-corrected chi connectivity index (χ4v) is 1.84. The molecule has 4 heteroatoms. The summed E-state index contributed by atoms with van der Waals surface area (Å²) in [5.74, 6) is 0.435. The van der Waals surface area contributed by atoms with Crippen LogP contribution >= 0.6 is 0 Å². The van der Waals surface area contributed by atoms with E-state index in [1.54, 1.807) is 0 Å². The van der Waals surface area contributed by atoms with Gasteiger partial charge in [0.25, 0.3) is 0 Å². The van der Waals surface area contributed by atoms with E-state index in [4.69, 9.17) is 10.5 Å². The number of aromatic nitrogens is 2. The van der Waals surface area contributed by atoms with Gasteiger partial charge < -0.3 is 15.0 Å². The quantitative estimate of drug-likeness (QED) is 0.725. The van der Waals surface area contributed by atoms with Crippen molar-refractivity contribution in [3.05, 3.63) is 18.2 Å². The summed E-state index contributed by atoms with van der Waals surface area (Å²) in [4.78, 5) is 4.20. The van der Waals surface area contributed by atoms with Gasteiger partial charge in [-0.1, -0.05) is 13.8 Å². The largest absolute Gasteiger partial charge is 0.379 e. The summed E-state index contributed by atoms with van der Waals surface area (Å²) >= 11 is 0. The molecule has 1 atom stereocenters. The zero-order chi connectivity index (χ0) is 13.5. The molecule has 1 unspecified atom stereocenters. The lowest BCUT2D eigenvalue weighted by Gasteiger charge is -2.17. The predicted octanol–water partition coefficient (Wildman–Crippen LogP) is 2.74. The lowest BCUT2D eigenvalue weighted by Crippen LogP contribution is -2.20. The molecule has 0 aliphatic rings. The first kappa shape index (κ1) is 15.2. The van der Waals surface area contributed by atoms with Gasteiger partial charge in [0, 0.05) is 25.4 Å². The molecule has 0 radical (unpaired) electrons. The van der Waals surface area contributed by atoms with Gasteiger partial charge >= 0.3 is 0 Å². The highest BCUT2D eigenvalue weighted by Crippen LogP contribution is 2.18. The molecule has 0 fully saturated rings. The third kappa shape index (κ3) is 4.78. The van der Waals surface area contributed by atoms with E-state index in [2.05, 4.69) is 37.2 Å². The van der Waals surface area contributed by atoms with E-state index in [0.717, 1.165) is 31.7 Å². The smallest absolute Gasteiger partial charge is 0.0948 e. The first-order valence-electron chi connectivity index (χ1n) is 6.89. The summed E-state index contributed by atoms with van der Waals surface area (Å²) in [6.07, 6.45) is 6.26. The fraction of sp³-hybridized carbons (Fsp3) is 0.786. The minimum Gasteiger partial charge on any atom is -0.379 e. The summed E-state index contributed by atoms with van der Waals surface area (Å²) in [5, 5.41) is 0. The Balaban J connectivity index is 2.36. The molecule has 0 saturated carbocycles. The average Bonchev–Trinajstić information content (AvgIpc) is 2.75. The van der Waals surface area contributed by atoms with Gasteiger partial charge in [-0.3, -0.25) is 0 Å². The highest BCUT2D eigenvalue weighted by Gasteiger charge is 2.14. The number of unbranched alkanes of at least 4 members (excludes halogenated alkanes) is 1. The van der Waals surface area contributed by atoms with Crippen molar-refractivity contribution >= 4 is 0 Å². The molecule has 0 saturated heterocycles. The molecule has 0 aliphatic carbocycles. The molecule has 0 aliphatic heterocycles. The number of imidazole rings is 1. The van der Waals surface area contributed by atoms with Crippen LogP contribution in [0.5, 0.6) is 0 Å². The van der Waals surface area contributed by atoms with Crippen LogP contribution in [0.4, 0.5) is 0 Å². The highest BCUT2D eigenvalue weighted by molar-refractivity contribution is 5.05. The normalized spacial score (nSPS) is 13.5. The monoisotopic (exact) mass is 253 g/mol. The minimum atomic E-state index is 0.0689. The van der Waals surface area contributed by atoms with E-state index in [1.165, 1.54) is 0 Å². The van der Waals surface area contributed by atoms with Crippen molar-refractivity contribution in [1.29, 1.82) is 0 Å². The van der Waals surface area contributed by atoms with Crippen molar-refractivity contribution in [2.75, 3.05) is 6.61 Å². The highest BCUT2D eigenvalue weighted by atomic mass is 16.5. The van der Waals surface area contributed by atoms with E-state index in [9.17, 15) is 0 Å². The average molecular weight is 253 g/mol. The van der Waals surface area contributed by atoms with Gasteiger partial charge in [0.05, 0.1) is 18.1 Å². The third-order valence-corrected chi connectivity index (χ3v) is 3.05. The van der Waals surface area contributed by atoms with E-state index in [0.29, 0.717) is 12.0 Å². The summed E-state index contributed by atoms with van der Waals surface area (Å²) in [6.45, 7) is 10.2. The first-order valence-corrected chi connectivity index (χ1v) is 6.89. The summed E-state index contributed by atoms with van der Waals surface area (Å²) in [5.41, 5.74) is 7.30. The summed E-state index contributed by atoms with van der Waals surface area (Å²) < 4.78 is 7.69. The van der Waals surface area contributed by atoms with Crippen molar-refractivity contribution in [2.45, 2.75) is 59.2 Å². The minimum absolute atomic E-state index is 0.0689. The van der Waals surface area contributed by atoms with Gasteiger partial charge in [-0.2, -0.15) is 0 Å². The summed E-state index contributed by atoms with van der Waals surface area (Å²) in [6, 6.07) is 0.0689. The lowest BCUT2D eigenvalue weighted by atomic mass is 10.0. The molecule has 0 bridgehead atoms. The van der Waals surface area contributed by atoms with Gasteiger partial charge in [0.15, 0.2) is 0 Å². The fourth-order valence-electron chi connectivity index (χ4n) is 1.84. The number of hydrogen-bond donors (Lipinski definition) is 1. The Morgan fingerprint density at radius 1 is 1.28 bits per heavy atom. The number of nitrogens with zero attached hydrogens (tertiary/aromatic N) is 2. The molecular formula is C14H27N3O. The number of rotatable bonds is 8. The molecule has 4 nitrogen and oxygen atoms in total. The molecular weight excluding hydrogens is 226 g/mol. The first-order chi connectivity index (χ1) is 8.52. The van der Waals surface area contributed by atoms with Crippen molar-refractivity contribution in [3.63, 3.8) is 0 Å². The topological polar surface area (TPSA) is 53.1 Å². The molecule has 18 heavy (non-hydrogen) atoms. The van der Waals surface area contributed by atoms with Gasteiger partial charge in [-0.15, -0.1) is 0 Å². The Bertz CT molecular complexity index is 334. The third-order valence-electron chi connectivity index (χ3n) is 3.05. The van der Waals surface area contributed by atoms with Gasteiger partial charge in [0.2, 0.25) is 0 Å². The Labute approximate surface area is 111 Å². The zero-order valence-electron chi connectivity index (χ0n) is 12.1. The van der Waals surface area contributed by atoms with Crippen LogP contribution in [0.3, 0.4) is 0 Å². The second-order valence-electron chi connectivity index (χ2n) is 5.41. The molecule has 0 spiro atoms. The van der Waals surface area contributed by atoms with Crippen molar-refractivity contribution in [3.8, 4) is 0 Å². The summed E-state index contributed by atoms with van der Waals surface area (Å²) in [7, 11) is 0. The SMILES string of the molecule is CC(C)OCCCCn1cncc1C(N)C(C)C. The molecule has 0 amide bonds. The maximum Gasteiger partial charge on any atom is 0.0948 e. The van der Waals surface area contributed by atoms with Crippen LogP contribution in [0.2, 0.25) is 0 Å². The van der Waals surface area contributed by atoms with E-state index < -0.39 is 0 Å². The van der Waals surface area contributed by atoms with Crippen LogP contribution in [0.15, 0.2) is 12.5 Å². The van der Waals surface area contributed by atoms with Crippen molar-refractivity contribution in [2.24, 2.45) is 11.7 Å².